The first-order chi connectivity index (χ1) is 9.43. The van der Waals surface area contributed by atoms with Gasteiger partial charge in [0.05, 0.1) is 5.02 Å². The lowest BCUT2D eigenvalue weighted by molar-refractivity contribution is -0.145. The van der Waals surface area contributed by atoms with Crippen molar-refractivity contribution in [2.75, 3.05) is 19.7 Å². The van der Waals surface area contributed by atoms with Crippen LogP contribution in [0.2, 0.25) is 10.0 Å². The van der Waals surface area contributed by atoms with Crippen LogP contribution in [0.5, 0.6) is 5.75 Å². The fraction of sp³-hybridized carbons (Fsp3) is 0.385. The van der Waals surface area contributed by atoms with Crippen LogP contribution in [-0.4, -0.2) is 41.6 Å². The molecule has 1 N–H and O–H groups in total. The summed E-state index contributed by atoms with van der Waals surface area (Å²) in [5.41, 5.74) is 0. The number of carbonyl (C=O) groups is 2. The maximum absolute atomic E-state index is 11.9. The number of halogens is 2. The third-order valence-corrected chi connectivity index (χ3v) is 2.96. The van der Waals surface area contributed by atoms with Gasteiger partial charge in [-0.2, -0.15) is 0 Å². The summed E-state index contributed by atoms with van der Waals surface area (Å²) in [7, 11) is 0. The predicted molar refractivity (Wildman–Crippen MR) is 76.5 cm³/mol. The van der Waals surface area contributed by atoms with Crippen LogP contribution in [0.4, 0.5) is 0 Å². The zero-order valence-electron chi connectivity index (χ0n) is 10.9. The molecule has 20 heavy (non-hydrogen) atoms. The molecule has 0 spiro atoms. The number of nitrogens with zero attached hydrogens (tertiary/aromatic N) is 1. The summed E-state index contributed by atoms with van der Waals surface area (Å²) in [6.07, 6.45) is 0.664. The Kier molecular flexibility index (Phi) is 6.61. The van der Waals surface area contributed by atoms with Crippen LogP contribution >= 0.6 is 23.2 Å². The molecule has 1 aromatic rings. The van der Waals surface area contributed by atoms with Gasteiger partial charge in [-0.15, -0.1) is 0 Å². The van der Waals surface area contributed by atoms with Gasteiger partial charge in [-0.1, -0.05) is 30.1 Å². The molecule has 0 aliphatic carbocycles. The predicted octanol–water partition coefficient (Wildman–Crippen LogP) is 2.70. The Hall–Kier alpha value is -1.46. The Morgan fingerprint density at radius 2 is 2.05 bits per heavy atom. The molecule has 0 saturated carbocycles. The van der Waals surface area contributed by atoms with Gasteiger partial charge in [0.25, 0.3) is 5.91 Å². The first-order valence-electron chi connectivity index (χ1n) is 6.01. The van der Waals surface area contributed by atoms with E-state index in [1.165, 1.54) is 11.0 Å². The highest BCUT2D eigenvalue weighted by Gasteiger charge is 2.17. The molecule has 0 bridgehead atoms. The lowest BCUT2D eigenvalue weighted by atomic mass is 10.3. The van der Waals surface area contributed by atoms with Gasteiger partial charge in [-0.25, -0.2) is 0 Å². The van der Waals surface area contributed by atoms with Gasteiger partial charge in [-0.3, -0.25) is 9.59 Å². The Morgan fingerprint density at radius 1 is 1.35 bits per heavy atom. The summed E-state index contributed by atoms with van der Waals surface area (Å²) in [5, 5.41) is 9.53. The van der Waals surface area contributed by atoms with Crippen LogP contribution < -0.4 is 4.74 Å². The van der Waals surface area contributed by atoms with Crippen molar-refractivity contribution in [1.29, 1.82) is 0 Å². The van der Waals surface area contributed by atoms with Gasteiger partial charge in [-0.05, 0) is 18.6 Å². The zero-order chi connectivity index (χ0) is 15.1. The monoisotopic (exact) mass is 319 g/mol. The molecule has 0 fully saturated rings. The van der Waals surface area contributed by atoms with Crippen molar-refractivity contribution in [2.24, 2.45) is 0 Å². The van der Waals surface area contributed by atoms with E-state index >= 15 is 0 Å². The maximum Gasteiger partial charge on any atom is 0.323 e. The van der Waals surface area contributed by atoms with Crippen molar-refractivity contribution in [2.45, 2.75) is 13.3 Å². The molecule has 5 nitrogen and oxygen atoms in total. The van der Waals surface area contributed by atoms with E-state index in [-0.39, 0.29) is 13.2 Å². The fourth-order valence-corrected chi connectivity index (χ4v) is 1.88. The summed E-state index contributed by atoms with van der Waals surface area (Å²) in [4.78, 5) is 23.8. The van der Waals surface area contributed by atoms with Crippen LogP contribution in [0.3, 0.4) is 0 Å². The Balaban J connectivity index is 2.64. The molecule has 0 heterocycles. The fourth-order valence-electron chi connectivity index (χ4n) is 1.54. The SMILES string of the molecule is CCCN(CC(=O)O)C(=O)COc1cc(Cl)ccc1Cl. The number of carboxylic acid groups (broad SMARTS) is 1. The van der Waals surface area contributed by atoms with Gasteiger partial charge in [0.1, 0.15) is 12.3 Å². The maximum atomic E-state index is 11.9. The lowest BCUT2D eigenvalue weighted by Gasteiger charge is -2.20. The van der Waals surface area contributed by atoms with Gasteiger partial charge < -0.3 is 14.7 Å². The van der Waals surface area contributed by atoms with E-state index in [9.17, 15) is 9.59 Å². The number of benzene rings is 1. The molecule has 0 atom stereocenters. The summed E-state index contributed by atoms with van der Waals surface area (Å²) < 4.78 is 5.29. The van der Waals surface area contributed by atoms with E-state index in [2.05, 4.69) is 0 Å². The topological polar surface area (TPSA) is 66.8 Å². The molecular formula is C13H15Cl2NO4. The minimum Gasteiger partial charge on any atom is -0.482 e. The molecule has 0 aromatic heterocycles. The second kappa shape index (κ2) is 7.97. The molecule has 1 rings (SSSR count). The van der Waals surface area contributed by atoms with E-state index in [1.54, 1.807) is 12.1 Å². The Bertz CT molecular complexity index is 493. The molecule has 0 unspecified atom stereocenters. The molecule has 0 saturated heterocycles. The second-order valence-corrected chi connectivity index (χ2v) is 4.92. The molecule has 110 valence electrons. The van der Waals surface area contributed by atoms with E-state index in [4.69, 9.17) is 33.0 Å². The van der Waals surface area contributed by atoms with E-state index < -0.39 is 11.9 Å². The normalized spacial score (nSPS) is 10.2. The second-order valence-electron chi connectivity index (χ2n) is 4.07. The number of carboxylic acids is 1. The van der Waals surface area contributed by atoms with Crippen molar-refractivity contribution in [3.05, 3.63) is 28.2 Å². The summed E-state index contributed by atoms with van der Waals surface area (Å²) in [6, 6.07) is 4.66. The molecule has 0 aliphatic rings. The first kappa shape index (κ1) is 16.6. The number of ether oxygens (including phenoxy) is 1. The van der Waals surface area contributed by atoms with Gasteiger partial charge >= 0.3 is 5.97 Å². The number of aliphatic carboxylic acids is 1. The van der Waals surface area contributed by atoms with Crippen molar-refractivity contribution < 1.29 is 19.4 Å². The average molecular weight is 320 g/mol. The third kappa shape index (κ3) is 5.27. The van der Waals surface area contributed by atoms with E-state index in [1.807, 2.05) is 6.92 Å². The van der Waals surface area contributed by atoms with E-state index in [0.717, 1.165) is 0 Å². The minimum atomic E-state index is -1.06. The summed E-state index contributed by atoms with van der Waals surface area (Å²) >= 11 is 11.7. The van der Waals surface area contributed by atoms with Crippen molar-refractivity contribution in [3.8, 4) is 5.75 Å². The Labute approximate surface area is 127 Å². The lowest BCUT2D eigenvalue weighted by Crippen LogP contribution is -2.39. The zero-order valence-corrected chi connectivity index (χ0v) is 12.4. The van der Waals surface area contributed by atoms with E-state index in [0.29, 0.717) is 28.8 Å². The molecule has 0 aliphatic heterocycles. The number of rotatable bonds is 7. The molecule has 1 aromatic carbocycles. The highest BCUT2D eigenvalue weighted by Crippen LogP contribution is 2.27. The number of amides is 1. The first-order valence-corrected chi connectivity index (χ1v) is 6.77. The highest BCUT2D eigenvalue weighted by atomic mass is 35.5. The average Bonchev–Trinajstić information content (AvgIpc) is 2.38. The van der Waals surface area contributed by atoms with Crippen molar-refractivity contribution in [1.82, 2.24) is 4.90 Å². The van der Waals surface area contributed by atoms with Gasteiger partial charge in [0.15, 0.2) is 6.61 Å². The van der Waals surface area contributed by atoms with Gasteiger partial charge in [0.2, 0.25) is 0 Å². The minimum absolute atomic E-state index is 0.284. The number of carbonyl (C=O) groups excluding carboxylic acids is 1. The Morgan fingerprint density at radius 3 is 2.65 bits per heavy atom. The summed E-state index contributed by atoms with van der Waals surface area (Å²) in [6.45, 7) is 1.58. The highest BCUT2D eigenvalue weighted by molar-refractivity contribution is 6.34. The molecular weight excluding hydrogens is 305 g/mol. The third-order valence-electron chi connectivity index (χ3n) is 2.42. The quantitative estimate of drug-likeness (QED) is 0.839. The molecule has 7 heteroatoms. The van der Waals surface area contributed by atoms with Crippen LogP contribution in [0.25, 0.3) is 0 Å². The number of hydrogen-bond acceptors (Lipinski definition) is 3. The van der Waals surface area contributed by atoms with Crippen LogP contribution in [0, 0.1) is 0 Å². The van der Waals surface area contributed by atoms with Crippen molar-refractivity contribution >= 4 is 35.1 Å². The standard InChI is InChI=1S/C13H15Cl2NO4/c1-2-5-16(7-13(18)19)12(17)8-20-11-6-9(14)3-4-10(11)15/h3-4,6H,2,5,7-8H2,1H3,(H,18,19). The van der Waals surface area contributed by atoms with Crippen molar-refractivity contribution in [3.63, 3.8) is 0 Å². The van der Waals surface area contributed by atoms with Crippen LogP contribution in [-0.2, 0) is 9.59 Å². The largest absolute Gasteiger partial charge is 0.482 e. The van der Waals surface area contributed by atoms with Crippen LogP contribution in [0.15, 0.2) is 18.2 Å². The smallest absolute Gasteiger partial charge is 0.323 e. The number of hydrogen-bond donors (Lipinski definition) is 1. The summed E-state index contributed by atoms with van der Waals surface area (Å²) in [5.74, 6) is -1.18. The van der Waals surface area contributed by atoms with Gasteiger partial charge in [0, 0.05) is 17.6 Å². The van der Waals surface area contributed by atoms with Crippen LogP contribution in [0.1, 0.15) is 13.3 Å². The molecule has 0 radical (unpaired) electrons. The molecule has 1 amide bonds.